The quantitative estimate of drug-likeness (QED) is 0.170. The lowest BCUT2D eigenvalue weighted by molar-refractivity contribution is 0.0838. The van der Waals surface area contributed by atoms with Gasteiger partial charge in [0.25, 0.3) is 11.8 Å². The highest BCUT2D eigenvalue weighted by molar-refractivity contribution is 6.31. The third kappa shape index (κ3) is 7.22. The minimum atomic E-state index is -0.683. The first-order valence-corrected chi connectivity index (χ1v) is 9.84. The van der Waals surface area contributed by atoms with Gasteiger partial charge in [0.05, 0.1) is 6.61 Å². The van der Waals surface area contributed by atoms with Crippen LogP contribution in [0.1, 0.15) is 39.3 Å². The molecule has 0 aliphatic heterocycles. The van der Waals surface area contributed by atoms with E-state index in [1.54, 1.807) is 12.1 Å². The van der Waals surface area contributed by atoms with Gasteiger partial charge in [-0.1, -0.05) is 23.7 Å². The van der Waals surface area contributed by atoms with Gasteiger partial charge in [-0.15, -0.1) is 12.4 Å². The van der Waals surface area contributed by atoms with Crippen LogP contribution in [0.25, 0.3) is 0 Å². The molecule has 0 saturated carbocycles. The number of aromatic nitrogens is 2. The van der Waals surface area contributed by atoms with E-state index in [0.29, 0.717) is 24.8 Å². The second-order valence-electron chi connectivity index (χ2n) is 6.61. The lowest BCUT2D eigenvalue weighted by Crippen LogP contribution is -2.42. The molecule has 1 aromatic carbocycles. The van der Waals surface area contributed by atoms with Gasteiger partial charge in [-0.2, -0.15) is 0 Å². The number of aliphatic hydroxyl groups excluding tert-OH is 1. The van der Waals surface area contributed by atoms with Crippen molar-refractivity contribution in [1.29, 1.82) is 5.41 Å². The Bertz CT molecular complexity index is 956. The molecule has 0 fully saturated rings. The number of nitrogens with zero attached hydrogens (tertiary/aromatic N) is 3. The van der Waals surface area contributed by atoms with Crippen molar-refractivity contribution in [3.8, 4) is 0 Å². The Morgan fingerprint density at radius 2 is 1.78 bits per heavy atom. The van der Waals surface area contributed by atoms with Gasteiger partial charge in [-0.05, 0) is 37.0 Å². The van der Waals surface area contributed by atoms with Gasteiger partial charge in [0.1, 0.15) is 0 Å². The summed E-state index contributed by atoms with van der Waals surface area (Å²) in [5, 5.41) is 18.9. The zero-order valence-electron chi connectivity index (χ0n) is 17.2. The number of halogens is 2. The van der Waals surface area contributed by atoms with Gasteiger partial charge in [0.2, 0.25) is 0 Å². The molecule has 0 atom stereocenters. The minimum Gasteiger partial charge on any atom is -0.395 e. The molecule has 0 aliphatic rings. The van der Waals surface area contributed by atoms with Crippen LogP contribution in [0.15, 0.2) is 24.3 Å². The van der Waals surface area contributed by atoms with Gasteiger partial charge in [-0.3, -0.25) is 19.9 Å². The highest BCUT2D eigenvalue weighted by Crippen LogP contribution is 2.19. The third-order valence-corrected chi connectivity index (χ3v) is 4.63. The second-order valence-corrected chi connectivity index (χ2v) is 6.97. The van der Waals surface area contributed by atoms with Crippen LogP contribution >= 0.6 is 24.0 Å². The molecule has 1 aromatic heterocycles. The summed E-state index contributed by atoms with van der Waals surface area (Å²) < 4.78 is 0. The molecule has 2 rings (SSSR count). The number of aliphatic hydroxyl groups is 1. The maximum absolute atomic E-state index is 12.7. The molecule has 0 saturated heterocycles. The summed E-state index contributed by atoms with van der Waals surface area (Å²) in [6.07, 6.45) is 1.96. The largest absolute Gasteiger partial charge is 0.395 e. The van der Waals surface area contributed by atoms with Gasteiger partial charge in [-0.25, -0.2) is 9.97 Å². The highest BCUT2D eigenvalue weighted by Gasteiger charge is 2.23. The smallest absolute Gasteiger partial charge is 0.283 e. The number of nitrogens with one attached hydrogen (secondary N) is 2. The summed E-state index contributed by atoms with van der Waals surface area (Å²) in [7, 11) is 0. The Balaban J connectivity index is 0.00000512. The second kappa shape index (κ2) is 12.6. The van der Waals surface area contributed by atoms with Gasteiger partial charge < -0.3 is 27.6 Å². The molecule has 0 spiro atoms. The van der Waals surface area contributed by atoms with Crippen LogP contribution in [0, 0.1) is 5.41 Å². The third-order valence-electron chi connectivity index (χ3n) is 4.35. The summed E-state index contributed by atoms with van der Waals surface area (Å²) in [4.78, 5) is 33.2. The van der Waals surface area contributed by atoms with E-state index in [1.165, 1.54) is 0 Å². The molecule has 174 valence electrons. The van der Waals surface area contributed by atoms with E-state index in [2.05, 4.69) is 15.3 Å². The first-order valence-electron chi connectivity index (χ1n) is 9.47. The van der Waals surface area contributed by atoms with Crippen LogP contribution in [-0.2, 0) is 6.42 Å². The summed E-state index contributed by atoms with van der Waals surface area (Å²) in [5.41, 5.74) is 18.1. The molecular weight excluding hydrogens is 459 g/mol. The van der Waals surface area contributed by atoms with E-state index in [0.717, 1.165) is 10.5 Å². The number of hydrogen-bond acceptors (Lipinski definition) is 8. The fraction of sp³-hybridized carbons (Fsp3) is 0.316. The molecular formula is C19H26Cl2N8O3. The van der Waals surface area contributed by atoms with Crippen LogP contribution in [0.3, 0.4) is 0 Å². The number of rotatable bonds is 9. The van der Waals surface area contributed by atoms with Crippen LogP contribution in [0.4, 0.5) is 11.6 Å². The number of benzene rings is 1. The molecule has 2 amide bonds. The molecule has 13 heteroatoms. The predicted molar refractivity (Wildman–Crippen MR) is 125 cm³/mol. The van der Waals surface area contributed by atoms with E-state index >= 15 is 0 Å². The minimum absolute atomic E-state index is 0. The van der Waals surface area contributed by atoms with Crippen molar-refractivity contribution in [2.45, 2.75) is 19.3 Å². The number of nitrogen functional groups attached to an aromatic ring is 2. The number of anilines is 2. The van der Waals surface area contributed by atoms with E-state index in [9.17, 15) is 9.59 Å². The number of unbranched alkanes of at least 4 members (excludes halogenated alkanes) is 1. The molecule has 1 heterocycles. The lowest BCUT2D eigenvalue weighted by atomic mass is 10.1. The number of nitrogens with two attached hydrogens (primary N) is 3. The normalized spacial score (nSPS) is 10.2. The molecule has 0 radical (unpaired) electrons. The van der Waals surface area contributed by atoms with Crippen LogP contribution in [0.2, 0.25) is 5.15 Å². The van der Waals surface area contributed by atoms with Crippen LogP contribution < -0.4 is 22.5 Å². The molecule has 2 aromatic rings. The molecule has 0 unspecified atom stereocenters. The topological polar surface area (TPSA) is 197 Å². The number of carbonyl (C=O) groups is 2. The lowest BCUT2D eigenvalue weighted by Gasteiger charge is -2.20. The zero-order chi connectivity index (χ0) is 23.0. The van der Waals surface area contributed by atoms with Crippen molar-refractivity contribution in [2.75, 3.05) is 31.2 Å². The standard InChI is InChI=1S/C19H25ClN8O3.ClH/c20-14-16(22)27-15(21)13(26-14)18(31)28(19(23)24)9-2-1-3-11-4-6-12(7-5-11)17(30)25-8-10-29;/h4-7,29H,1-3,8-10H2,(H3,23,24)(H,25,30)(H4,21,22,27);1H. The van der Waals surface area contributed by atoms with Gasteiger partial charge in [0, 0.05) is 18.7 Å². The van der Waals surface area contributed by atoms with Crippen molar-refractivity contribution in [2.24, 2.45) is 5.73 Å². The van der Waals surface area contributed by atoms with Gasteiger partial charge >= 0.3 is 0 Å². The number of amides is 2. The van der Waals surface area contributed by atoms with E-state index < -0.39 is 11.9 Å². The van der Waals surface area contributed by atoms with Crippen molar-refractivity contribution < 1.29 is 14.7 Å². The zero-order valence-corrected chi connectivity index (χ0v) is 18.7. The molecule has 9 N–H and O–H groups in total. The Hall–Kier alpha value is -3.15. The SMILES string of the molecule is Cl.N=C(N)N(CCCCc1ccc(C(=O)NCCO)cc1)C(=O)c1nc(Cl)c(N)nc1N. The Kier molecular flexibility index (Phi) is 10.6. The number of aryl methyl sites for hydroxylation is 1. The molecule has 32 heavy (non-hydrogen) atoms. The maximum Gasteiger partial charge on any atom is 0.283 e. The Morgan fingerprint density at radius 1 is 1.12 bits per heavy atom. The number of hydrogen-bond donors (Lipinski definition) is 6. The van der Waals surface area contributed by atoms with E-state index in [-0.39, 0.29) is 60.5 Å². The molecule has 0 aliphatic carbocycles. The van der Waals surface area contributed by atoms with Crippen molar-refractivity contribution in [1.82, 2.24) is 20.2 Å². The van der Waals surface area contributed by atoms with Crippen molar-refractivity contribution >= 4 is 53.4 Å². The monoisotopic (exact) mass is 484 g/mol. The summed E-state index contributed by atoms with van der Waals surface area (Å²) in [6.45, 7) is 0.263. The average Bonchev–Trinajstić information content (AvgIpc) is 2.74. The fourth-order valence-corrected chi connectivity index (χ4v) is 2.88. The van der Waals surface area contributed by atoms with Crippen molar-refractivity contribution in [3.05, 3.63) is 46.2 Å². The first kappa shape index (κ1) is 26.9. The van der Waals surface area contributed by atoms with Crippen molar-refractivity contribution in [3.63, 3.8) is 0 Å². The van der Waals surface area contributed by atoms with E-state index in [1.807, 2.05) is 12.1 Å². The van der Waals surface area contributed by atoms with Crippen LogP contribution in [0.5, 0.6) is 0 Å². The number of carbonyl (C=O) groups excluding carboxylic acids is 2. The average molecular weight is 485 g/mol. The number of guanidine groups is 1. The highest BCUT2D eigenvalue weighted by atomic mass is 35.5. The summed E-state index contributed by atoms with van der Waals surface area (Å²) in [5.74, 6) is -1.67. The summed E-state index contributed by atoms with van der Waals surface area (Å²) >= 11 is 5.82. The molecule has 11 nitrogen and oxygen atoms in total. The predicted octanol–water partition coefficient (Wildman–Crippen LogP) is 0.797. The van der Waals surface area contributed by atoms with Crippen LogP contribution in [-0.4, -0.2) is 57.4 Å². The molecule has 0 bridgehead atoms. The fourth-order valence-electron chi connectivity index (χ4n) is 2.75. The first-order chi connectivity index (χ1) is 14.7. The Morgan fingerprint density at radius 3 is 2.38 bits per heavy atom. The van der Waals surface area contributed by atoms with Gasteiger partial charge in [0.15, 0.2) is 28.4 Å². The Labute approximate surface area is 196 Å². The van der Waals surface area contributed by atoms with E-state index in [4.69, 9.17) is 39.3 Å². The maximum atomic E-state index is 12.7. The summed E-state index contributed by atoms with van der Waals surface area (Å²) in [6, 6.07) is 7.10.